The van der Waals surface area contributed by atoms with E-state index in [1.807, 2.05) is 4.90 Å². The summed E-state index contributed by atoms with van der Waals surface area (Å²) >= 11 is 0. The first kappa shape index (κ1) is 24.7. The summed E-state index contributed by atoms with van der Waals surface area (Å²) in [7, 11) is -7.54. The lowest BCUT2D eigenvalue weighted by Crippen LogP contribution is -2.63. The van der Waals surface area contributed by atoms with Crippen LogP contribution in [0.1, 0.15) is 45.1 Å². The maximum atomic E-state index is 13.8. The zero-order valence-electron chi connectivity index (χ0n) is 20.2. The van der Waals surface area contributed by atoms with Crippen molar-refractivity contribution in [2.45, 2.75) is 62.3 Å². The number of carbonyl (C=O) groups is 1. The molecule has 1 saturated heterocycles. The number of likely N-dealkylation sites (tertiary alicyclic amines) is 1. The Balaban J connectivity index is 1.50. The van der Waals surface area contributed by atoms with Crippen LogP contribution < -0.4 is 5.32 Å². The SMILES string of the molecule is CC(C)CCN1C(=O)C(C2=NS(=O)(=O)c3cc(CS(C)(=O)=O)ccc3N2)C(O)C2C1[C@@H]1CC[C@H]2C1. The third-order valence-corrected chi connectivity index (χ3v) is 10.2. The Labute approximate surface area is 207 Å². The molecule has 4 unspecified atom stereocenters. The highest BCUT2D eigenvalue weighted by Crippen LogP contribution is 2.55. The molecule has 9 nitrogen and oxygen atoms in total. The number of nitrogens with one attached hydrogen (secondary N) is 1. The number of benzene rings is 1. The van der Waals surface area contributed by atoms with Crippen LogP contribution in [0.2, 0.25) is 0 Å². The molecule has 6 atom stereocenters. The molecular weight excluding hydrogens is 490 g/mol. The maximum Gasteiger partial charge on any atom is 0.286 e. The standard InChI is InChI=1S/C24H33N3O6S2/c1-13(2)8-9-27-21-16-6-5-15(11-16)19(21)22(28)20(24(27)29)23-25-17-7-4-14(12-34(3,30)31)10-18(17)35(32,33)26-23/h4,7,10,13,15-16,19-22,28H,5-6,8-9,11-12H2,1-3H3,(H,25,26)/t15-,16+,19?,20?,21?,22?/m0/s1. The summed E-state index contributed by atoms with van der Waals surface area (Å²) in [5.41, 5.74) is 0.574. The molecule has 0 radical (unpaired) electrons. The summed E-state index contributed by atoms with van der Waals surface area (Å²) in [5.74, 6) is -0.672. The number of amides is 1. The minimum atomic E-state index is -4.19. The normalized spacial score (nSPS) is 33.3. The van der Waals surface area contributed by atoms with Crippen LogP contribution in [0.3, 0.4) is 0 Å². The predicted molar refractivity (Wildman–Crippen MR) is 132 cm³/mol. The molecule has 4 aliphatic rings. The maximum absolute atomic E-state index is 13.8. The summed E-state index contributed by atoms with van der Waals surface area (Å²) in [6.07, 6.45) is 3.98. The van der Waals surface area contributed by atoms with Crippen LogP contribution in [0.15, 0.2) is 27.5 Å². The number of piperidine rings is 1. The van der Waals surface area contributed by atoms with Crippen molar-refractivity contribution in [2.24, 2.45) is 34.0 Å². The molecule has 1 amide bonds. The van der Waals surface area contributed by atoms with Crippen molar-refractivity contribution < 1.29 is 26.7 Å². The molecule has 2 saturated carbocycles. The molecule has 2 aliphatic carbocycles. The quantitative estimate of drug-likeness (QED) is 0.583. The highest BCUT2D eigenvalue weighted by molar-refractivity contribution is 7.90. The van der Waals surface area contributed by atoms with Gasteiger partial charge in [-0.05, 0) is 61.1 Å². The fourth-order valence-electron chi connectivity index (χ4n) is 6.63. The highest BCUT2D eigenvalue weighted by Gasteiger charge is 2.60. The van der Waals surface area contributed by atoms with Gasteiger partial charge in [0, 0.05) is 24.8 Å². The van der Waals surface area contributed by atoms with E-state index in [9.17, 15) is 26.7 Å². The van der Waals surface area contributed by atoms with Gasteiger partial charge in [-0.3, -0.25) is 4.79 Å². The lowest BCUT2D eigenvalue weighted by atomic mass is 9.72. The number of hydrogen-bond donors (Lipinski definition) is 2. The number of nitrogens with zero attached hydrogens (tertiary/aromatic N) is 2. The van der Waals surface area contributed by atoms with E-state index in [1.54, 1.807) is 6.07 Å². The Bertz CT molecular complexity index is 1290. The number of rotatable bonds is 6. The van der Waals surface area contributed by atoms with Crippen molar-refractivity contribution in [1.82, 2.24) is 4.90 Å². The van der Waals surface area contributed by atoms with Crippen molar-refractivity contribution >= 4 is 37.3 Å². The number of sulfone groups is 1. The van der Waals surface area contributed by atoms with Crippen LogP contribution in [0.4, 0.5) is 5.69 Å². The highest BCUT2D eigenvalue weighted by atomic mass is 32.2. The number of anilines is 1. The van der Waals surface area contributed by atoms with Crippen molar-refractivity contribution in [3.8, 4) is 0 Å². The van der Waals surface area contributed by atoms with Gasteiger partial charge < -0.3 is 15.3 Å². The summed E-state index contributed by atoms with van der Waals surface area (Å²) in [4.78, 5) is 15.6. The number of amidine groups is 1. The first-order valence-corrected chi connectivity index (χ1v) is 15.8. The largest absolute Gasteiger partial charge is 0.391 e. The van der Waals surface area contributed by atoms with Crippen molar-refractivity contribution in [3.63, 3.8) is 0 Å². The average Bonchev–Trinajstić information content (AvgIpc) is 3.35. The topological polar surface area (TPSA) is 133 Å². The lowest BCUT2D eigenvalue weighted by Gasteiger charge is -2.49. The van der Waals surface area contributed by atoms with Gasteiger partial charge in [0.2, 0.25) is 5.91 Å². The minimum Gasteiger partial charge on any atom is -0.391 e. The van der Waals surface area contributed by atoms with Gasteiger partial charge in [-0.25, -0.2) is 8.42 Å². The van der Waals surface area contributed by atoms with E-state index in [4.69, 9.17) is 0 Å². The zero-order chi connectivity index (χ0) is 25.3. The molecule has 2 bridgehead atoms. The van der Waals surface area contributed by atoms with Gasteiger partial charge in [-0.2, -0.15) is 8.42 Å². The van der Waals surface area contributed by atoms with Gasteiger partial charge in [0.05, 0.1) is 17.5 Å². The van der Waals surface area contributed by atoms with Gasteiger partial charge in [0.25, 0.3) is 10.0 Å². The summed E-state index contributed by atoms with van der Waals surface area (Å²) in [5, 5.41) is 14.4. The van der Waals surface area contributed by atoms with Crippen molar-refractivity contribution in [3.05, 3.63) is 23.8 Å². The van der Waals surface area contributed by atoms with Crippen LogP contribution in [0.25, 0.3) is 0 Å². The van der Waals surface area contributed by atoms with Crippen LogP contribution in [-0.4, -0.2) is 63.5 Å². The predicted octanol–water partition coefficient (Wildman–Crippen LogP) is 2.02. The molecule has 35 heavy (non-hydrogen) atoms. The molecule has 0 aromatic heterocycles. The number of hydrogen-bond acceptors (Lipinski definition) is 7. The molecule has 192 valence electrons. The molecule has 2 aliphatic heterocycles. The first-order valence-electron chi connectivity index (χ1n) is 12.3. The minimum absolute atomic E-state index is 0.00196. The third-order valence-electron chi connectivity index (χ3n) is 8.06. The van der Waals surface area contributed by atoms with Crippen molar-refractivity contribution in [2.75, 3.05) is 18.1 Å². The van der Waals surface area contributed by atoms with Crippen LogP contribution in [0.5, 0.6) is 0 Å². The second-order valence-electron chi connectivity index (χ2n) is 11.1. The number of carbonyl (C=O) groups excluding carboxylic acids is 1. The van der Waals surface area contributed by atoms with Gasteiger partial charge in [-0.1, -0.05) is 19.9 Å². The molecule has 11 heteroatoms. The lowest BCUT2D eigenvalue weighted by molar-refractivity contribution is -0.154. The Morgan fingerprint density at radius 2 is 1.94 bits per heavy atom. The molecule has 1 aromatic rings. The Kier molecular flexibility index (Phi) is 6.04. The van der Waals surface area contributed by atoms with E-state index in [-0.39, 0.29) is 40.0 Å². The van der Waals surface area contributed by atoms with E-state index >= 15 is 0 Å². The van der Waals surface area contributed by atoms with Crippen molar-refractivity contribution in [1.29, 1.82) is 0 Å². The average molecular weight is 524 g/mol. The van der Waals surface area contributed by atoms with E-state index in [1.165, 1.54) is 12.1 Å². The fraction of sp³-hybridized carbons (Fsp3) is 0.667. The molecular formula is C24H33N3O6S2. The molecule has 5 rings (SSSR count). The Morgan fingerprint density at radius 1 is 1.23 bits per heavy atom. The van der Waals surface area contributed by atoms with Crippen LogP contribution in [-0.2, 0) is 30.4 Å². The summed E-state index contributed by atoms with van der Waals surface area (Å²) in [6, 6.07) is 4.35. The van der Waals surface area contributed by atoms with Gasteiger partial charge >= 0.3 is 0 Å². The van der Waals surface area contributed by atoms with Gasteiger partial charge in [0.15, 0.2) is 9.84 Å². The smallest absolute Gasteiger partial charge is 0.286 e. The van der Waals surface area contributed by atoms with Gasteiger partial charge in [0.1, 0.15) is 16.6 Å². The number of sulfonamides is 1. The monoisotopic (exact) mass is 523 g/mol. The van der Waals surface area contributed by atoms with Crippen LogP contribution in [0, 0.1) is 29.6 Å². The van der Waals surface area contributed by atoms with E-state index in [0.717, 1.165) is 31.9 Å². The Morgan fingerprint density at radius 3 is 2.63 bits per heavy atom. The molecule has 0 spiro atoms. The fourth-order valence-corrected chi connectivity index (χ4v) is 8.63. The van der Waals surface area contributed by atoms with E-state index in [2.05, 4.69) is 23.6 Å². The van der Waals surface area contributed by atoms with E-state index < -0.39 is 31.9 Å². The summed E-state index contributed by atoms with van der Waals surface area (Å²) < 4.78 is 53.5. The number of aliphatic hydroxyl groups excluding tert-OH is 1. The molecule has 2 N–H and O–H groups in total. The third kappa shape index (κ3) is 4.40. The van der Waals surface area contributed by atoms with E-state index in [0.29, 0.717) is 29.9 Å². The number of fused-ring (bicyclic) bond motifs is 6. The Hall–Kier alpha value is -1.98. The van der Waals surface area contributed by atoms with Gasteiger partial charge in [-0.15, -0.1) is 4.40 Å². The first-order chi connectivity index (χ1) is 16.4. The second-order valence-corrected chi connectivity index (χ2v) is 14.8. The molecule has 2 heterocycles. The van der Waals surface area contributed by atoms with Crippen LogP contribution >= 0.6 is 0 Å². The molecule has 1 aromatic carbocycles. The molecule has 3 fully saturated rings. The second kappa shape index (κ2) is 8.55. The summed E-state index contributed by atoms with van der Waals surface area (Å²) in [6.45, 7) is 4.79. The zero-order valence-corrected chi connectivity index (χ0v) is 21.8. The number of aliphatic hydroxyl groups is 1.